The molecule has 18 heavy (non-hydrogen) atoms. The molecule has 0 unspecified atom stereocenters. The molecule has 96 valence electrons. The third-order valence-electron chi connectivity index (χ3n) is 2.81. The Morgan fingerprint density at radius 1 is 1.39 bits per heavy atom. The molecule has 1 N–H and O–H groups in total. The van der Waals surface area contributed by atoms with Gasteiger partial charge < -0.3 is 5.32 Å². The van der Waals surface area contributed by atoms with Crippen LogP contribution in [0.25, 0.3) is 5.69 Å². The van der Waals surface area contributed by atoms with Crippen LogP contribution in [-0.2, 0) is 0 Å². The van der Waals surface area contributed by atoms with Crippen LogP contribution in [0.2, 0.25) is 0 Å². The van der Waals surface area contributed by atoms with Gasteiger partial charge in [-0.15, -0.1) is 0 Å². The summed E-state index contributed by atoms with van der Waals surface area (Å²) in [5, 5.41) is 3.37. The number of aromatic nitrogens is 2. The van der Waals surface area contributed by atoms with E-state index in [2.05, 4.69) is 63.7 Å². The van der Waals surface area contributed by atoms with Crippen LogP contribution in [-0.4, -0.2) is 16.1 Å². The van der Waals surface area contributed by atoms with E-state index in [4.69, 9.17) is 0 Å². The van der Waals surface area contributed by atoms with E-state index < -0.39 is 0 Å². The lowest BCUT2D eigenvalue weighted by molar-refractivity contribution is 0.683. The number of halogens is 1. The number of hydrogen-bond acceptors (Lipinski definition) is 2. The van der Waals surface area contributed by atoms with Crippen molar-refractivity contribution in [2.45, 2.75) is 20.8 Å². The van der Waals surface area contributed by atoms with E-state index in [0.717, 1.165) is 22.7 Å². The van der Waals surface area contributed by atoms with E-state index in [-0.39, 0.29) is 0 Å². The van der Waals surface area contributed by atoms with Gasteiger partial charge in [0.05, 0.1) is 5.69 Å². The third kappa shape index (κ3) is 2.75. The van der Waals surface area contributed by atoms with Crippen LogP contribution in [0.1, 0.15) is 19.4 Å². The molecule has 1 aromatic carbocycles. The van der Waals surface area contributed by atoms with Gasteiger partial charge in [0, 0.05) is 23.4 Å². The van der Waals surface area contributed by atoms with E-state index in [1.54, 1.807) is 0 Å². The zero-order chi connectivity index (χ0) is 13.1. The molecule has 0 amide bonds. The molecule has 2 aromatic rings. The quantitative estimate of drug-likeness (QED) is 0.925. The molecule has 0 radical (unpaired) electrons. The summed E-state index contributed by atoms with van der Waals surface area (Å²) in [6.45, 7) is 7.39. The maximum atomic E-state index is 4.37. The zero-order valence-electron chi connectivity index (χ0n) is 10.9. The lowest BCUT2D eigenvalue weighted by atomic mass is 10.2. The van der Waals surface area contributed by atoms with E-state index in [9.17, 15) is 0 Å². The summed E-state index contributed by atoms with van der Waals surface area (Å²) in [6.07, 6.45) is 3.81. The molecule has 0 atom stereocenters. The number of anilines is 1. The molecule has 4 heteroatoms. The van der Waals surface area contributed by atoms with Crippen molar-refractivity contribution >= 4 is 21.9 Å². The fourth-order valence-electron chi connectivity index (χ4n) is 1.78. The second-order valence-corrected chi connectivity index (χ2v) is 5.63. The summed E-state index contributed by atoms with van der Waals surface area (Å²) in [5.74, 6) is 1.49. The van der Waals surface area contributed by atoms with Gasteiger partial charge in [-0.05, 0) is 30.5 Å². The molecule has 0 bridgehead atoms. The highest BCUT2D eigenvalue weighted by Gasteiger charge is 2.08. The van der Waals surface area contributed by atoms with Crippen LogP contribution in [0.15, 0.2) is 35.1 Å². The lowest BCUT2D eigenvalue weighted by Crippen LogP contribution is -2.12. The Kier molecular flexibility index (Phi) is 4.07. The first-order chi connectivity index (χ1) is 8.59. The number of imidazole rings is 1. The fourth-order valence-corrected chi connectivity index (χ4v) is 2.14. The first kappa shape index (κ1) is 13.1. The molecule has 0 aliphatic heterocycles. The van der Waals surface area contributed by atoms with Gasteiger partial charge in [-0.2, -0.15) is 0 Å². The standard InChI is InChI=1S/C14H18BrN3/c1-10(2)9-17-14-16-7-8-18(14)13-6-4-5-12(15)11(13)3/h4-8,10H,9H2,1-3H3,(H,16,17). The zero-order valence-corrected chi connectivity index (χ0v) is 12.5. The molecular weight excluding hydrogens is 290 g/mol. The molecule has 0 saturated carbocycles. The average molecular weight is 308 g/mol. The number of nitrogens with zero attached hydrogens (tertiary/aromatic N) is 2. The smallest absolute Gasteiger partial charge is 0.207 e. The Labute approximate surface area is 116 Å². The van der Waals surface area contributed by atoms with E-state index in [1.807, 2.05) is 18.5 Å². The highest BCUT2D eigenvalue weighted by Crippen LogP contribution is 2.24. The van der Waals surface area contributed by atoms with Gasteiger partial charge in [-0.1, -0.05) is 35.8 Å². The number of nitrogens with one attached hydrogen (secondary N) is 1. The Hall–Kier alpha value is -1.29. The van der Waals surface area contributed by atoms with Gasteiger partial charge in [0.1, 0.15) is 0 Å². The van der Waals surface area contributed by atoms with Gasteiger partial charge in [0.25, 0.3) is 0 Å². The first-order valence-corrected chi connectivity index (χ1v) is 6.91. The van der Waals surface area contributed by atoms with Gasteiger partial charge >= 0.3 is 0 Å². The van der Waals surface area contributed by atoms with Gasteiger partial charge in [0.2, 0.25) is 5.95 Å². The lowest BCUT2D eigenvalue weighted by Gasteiger charge is -2.14. The predicted molar refractivity (Wildman–Crippen MR) is 79.3 cm³/mol. The molecular formula is C14H18BrN3. The molecule has 0 saturated heterocycles. The van der Waals surface area contributed by atoms with Crippen molar-refractivity contribution in [3.8, 4) is 5.69 Å². The minimum Gasteiger partial charge on any atom is -0.355 e. The maximum absolute atomic E-state index is 4.37. The Balaban J connectivity index is 2.33. The van der Waals surface area contributed by atoms with Gasteiger partial charge in [-0.25, -0.2) is 4.98 Å². The Bertz CT molecular complexity index is 532. The van der Waals surface area contributed by atoms with E-state index >= 15 is 0 Å². The summed E-state index contributed by atoms with van der Waals surface area (Å²) in [7, 11) is 0. The summed E-state index contributed by atoms with van der Waals surface area (Å²) < 4.78 is 3.20. The predicted octanol–water partition coefficient (Wildman–Crippen LogP) is 4.01. The van der Waals surface area contributed by atoms with Crippen LogP contribution < -0.4 is 5.32 Å². The molecule has 2 rings (SSSR count). The molecule has 0 aliphatic rings. The van der Waals surface area contributed by atoms with Crippen LogP contribution in [0, 0.1) is 12.8 Å². The summed E-state index contributed by atoms with van der Waals surface area (Å²) >= 11 is 3.56. The SMILES string of the molecule is Cc1c(Br)cccc1-n1ccnc1NCC(C)C. The minimum atomic E-state index is 0.596. The van der Waals surface area contributed by atoms with Crippen LogP contribution in [0.3, 0.4) is 0 Å². The van der Waals surface area contributed by atoms with Gasteiger partial charge in [0.15, 0.2) is 0 Å². The third-order valence-corrected chi connectivity index (χ3v) is 3.67. The Morgan fingerprint density at radius 3 is 2.89 bits per heavy atom. The number of rotatable bonds is 4. The van der Waals surface area contributed by atoms with Crippen LogP contribution in [0.4, 0.5) is 5.95 Å². The largest absolute Gasteiger partial charge is 0.355 e. The van der Waals surface area contributed by atoms with E-state index in [0.29, 0.717) is 5.92 Å². The molecule has 0 fully saturated rings. The van der Waals surface area contributed by atoms with Crippen molar-refractivity contribution in [3.63, 3.8) is 0 Å². The van der Waals surface area contributed by atoms with Crippen LogP contribution >= 0.6 is 15.9 Å². The van der Waals surface area contributed by atoms with Crippen molar-refractivity contribution in [1.29, 1.82) is 0 Å². The number of benzene rings is 1. The highest BCUT2D eigenvalue weighted by molar-refractivity contribution is 9.10. The normalized spacial score (nSPS) is 10.9. The first-order valence-electron chi connectivity index (χ1n) is 6.12. The van der Waals surface area contributed by atoms with E-state index in [1.165, 1.54) is 5.56 Å². The topological polar surface area (TPSA) is 29.9 Å². The van der Waals surface area contributed by atoms with Crippen molar-refractivity contribution in [2.75, 3.05) is 11.9 Å². The maximum Gasteiger partial charge on any atom is 0.207 e. The van der Waals surface area contributed by atoms with Crippen molar-refractivity contribution < 1.29 is 0 Å². The Morgan fingerprint density at radius 2 is 2.17 bits per heavy atom. The molecule has 1 aromatic heterocycles. The average Bonchev–Trinajstić information content (AvgIpc) is 2.78. The van der Waals surface area contributed by atoms with Crippen LogP contribution in [0.5, 0.6) is 0 Å². The number of hydrogen-bond donors (Lipinski definition) is 1. The molecule has 0 aliphatic carbocycles. The second kappa shape index (κ2) is 5.57. The van der Waals surface area contributed by atoms with Gasteiger partial charge in [-0.3, -0.25) is 4.57 Å². The summed E-state index contributed by atoms with van der Waals surface area (Å²) in [5.41, 5.74) is 2.36. The highest BCUT2D eigenvalue weighted by atomic mass is 79.9. The fraction of sp³-hybridized carbons (Fsp3) is 0.357. The van der Waals surface area contributed by atoms with Crippen molar-refractivity contribution in [2.24, 2.45) is 5.92 Å². The van der Waals surface area contributed by atoms with Crippen molar-refractivity contribution in [3.05, 3.63) is 40.6 Å². The minimum absolute atomic E-state index is 0.596. The van der Waals surface area contributed by atoms with Crippen molar-refractivity contribution in [1.82, 2.24) is 9.55 Å². The summed E-state index contributed by atoms with van der Waals surface area (Å²) in [6, 6.07) is 6.19. The monoisotopic (exact) mass is 307 g/mol. The molecule has 0 spiro atoms. The summed E-state index contributed by atoms with van der Waals surface area (Å²) in [4.78, 5) is 4.37. The second-order valence-electron chi connectivity index (χ2n) is 4.78. The molecule has 3 nitrogen and oxygen atoms in total. The molecule has 1 heterocycles.